The zero-order chi connectivity index (χ0) is 33.4. The number of piperidine rings is 2. The maximum atomic E-state index is 14.0. The summed E-state index contributed by atoms with van der Waals surface area (Å²) in [5, 5.41) is 30.8. The van der Waals surface area contributed by atoms with Crippen LogP contribution in [0.2, 0.25) is 0 Å². The molecule has 6 atom stereocenters. The van der Waals surface area contributed by atoms with E-state index in [0.29, 0.717) is 42.9 Å². The zero-order valence-electron chi connectivity index (χ0n) is 27.2. The molecule has 4 N–H and O–H groups in total. The molecular weight excluding hydrogens is 598 g/mol. The average Bonchev–Trinajstić information content (AvgIpc) is 3.29. The third-order valence-electron chi connectivity index (χ3n) is 9.49. The monoisotopic (exact) mass is 646 g/mol. The summed E-state index contributed by atoms with van der Waals surface area (Å²) in [6.45, 7) is 8.62. The number of non-ortho nitro benzene ring substituents is 1. The van der Waals surface area contributed by atoms with Crippen molar-refractivity contribution < 1.29 is 33.4 Å². The average molecular weight is 647 g/mol. The molecule has 2 unspecified atom stereocenters. The highest BCUT2D eigenvalue weighted by Crippen LogP contribution is 2.40. The fourth-order valence-electron chi connectivity index (χ4n) is 7.72. The Hall–Kier alpha value is -3.06. The Labute approximate surface area is 269 Å². The predicted molar refractivity (Wildman–Crippen MR) is 171 cm³/mol. The van der Waals surface area contributed by atoms with Gasteiger partial charge in [0.25, 0.3) is 5.69 Å². The van der Waals surface area contributed by atoms with Crippen LogP contribution in [0.5, 0.6) is 11.5 Å². The highest BCUT2D eigenvalue weighted by Gasteiger charge is 2.44. The molecule has 2 aromatic rings. The number of hydrogen-bond acceptors (Lipinski definition) is 9. The molecule has 0 saturated carbocycles. The molecule has 4 heterocycles. The van der Waals surface area contributed by atoms with Gasteiger partial charge in [0.2, 0.25) is 0 Å². The lowest BCUT2D eigenvalue weighted by Crippen LogP contribution is -2.51. The first-order chi connectivity index (χ1) is 21.5. The highest BCUT2D eigenvalue weighted by atomic mass is 19.1. The highest BCUT2D eigenvalue weighted by molar-refractivity contribution is 5.43. The van der Waals surface area contributed by atoms with Crippen LogP contribution in [0.4, 0.5) is 20.2 Å². The molecule has 254 valence electrons. The summed E-state index contributed by atoms with van der Waals surface area (Å²) in [7, 11) is 0. The van der Waals surface area contributed by atoms with Gasteiger partial charge in [-0.05, 0) is 97.3 Å². The van der Waals surface area contributed by atoms with Gasteiger partial charge in [-0.3, -0.25) is 19.9 Å². The molecule has 12 heteroatoms. The van der Waals surface area contributed by atoms with Crippen LogP contribution < -0.4 is 15.2 Å². The summed E-state index contributed by atoms with van der Waals surface area (Å²) in [5.41, 5.74) is 4.28. The van der Waals surface area contributed by atoms with Gasteiger partial charge in [-0.25, -0.2) is 8.78 Å². The SMILES string of the molecule is CC(C)(O)CN1[C@@H]2CC[C@H]1CC(Oc1ccc(N)cc1F)C2.CC(C)(O)CN1[C@@H]2CC[C@H]1CC(Oc1ccc([N+](=O)[O-])cc1F)C2. The Kier molecular flexibility index (Phi) is 10.1. The number of nitrogen functional groups attached to an aromatic ring is 1. The van der Waals surface area contributed by atoms with Gasteiger partial charge in [-0.15, -0.1) is 0 Å². The Balaban J connectivity index is 0.000000182. The summed E-state index contributed by atoms with van der Waals surface area (Å²) < 4.78 is 39.5. The Morgan fingerprint density at radius 1 is 0.783 bits per heavy atom. The topological polar surface area (TPSA) is 135 Å². The first-order valence-electron chi connectivity index (χ1n) is 16.3. The summed E-state index contributed by atoms with van der Waals surface area (Å²) in [4.78, 5) is 14.8. The molecule has 4 bridgehead atoms. The number of rotatable bonds is 9. The number of fused-ring (bicyclic) bond motifs is 4. The molecule has 0 amide bonds. The minimum Gasteiger partial charge on any atom is -0.487 e. The van der Waals surface area contributed by atoms with Crippen LogP contribution in [0.25, 0.3) is 0 Å². The summed E-state index contributed by atoms with van der Waals surface area (Å²) >= 11 is 0. The maximum absolute atomic E-state index is 14.0. The van der Waals surface area contributed by atoms with Crippen molar-refractivity contribution in [3.05, 3.63) is 58.1 Å². The summed E-state index contributed by atoms with van der Waals surface area (Å²) in [6.07, 6.45) is 7.64. The molecule has 2 aromatic carbocycles. The number of hydrogen-bond donors (Lipinski definition) is 3. The first kappa shape index (κ1) is 34.3. The largest absolute Gasteiger partial charge is 0.487 e. The third kappa shape index (κ3) is 8.64. The van der Waals surface area contributed by atoms with E-state index < -0.39 is 27.8 Å². The number of benzene rings is 2. The number of nitro benzene ring substituents is 1. The van der Waals surface area contributed by atoms with Gasteiger partial charge in [-0.2, -0.15) is 0 Å². The number of nitro groups is 1. The van der Waals surface area contributed by atoms with Crippen LogP contribution in [0.1, 0.15) is 79.1 Å². The summed E-state index contributed by atoms with van der Waals surface area (Å²) in [5.74, 6) is -0.739. The van der Waals surface area contributed by atoms with Crippen molar-refractivity contribution in [1.82, 2.24) is 9.80 Å². The smallest absolute Gasteiger partial charge is 0.272 e. The van der Waals surface area contributed by atoms with Crippen molar-refractivity contribution in [2.75, 3.05) is 18.8 Å². The summed E-state index contributed by atoms with van der Waals surface area (Å²) in [6, 6.07) is 9.57. The van der Waals surface area contributed by atoms with E-state index in [-0.39, 0.29) is 29.4 Å². The number of anilines is 1. The van der Waals surface area contributed by atoms with E-state index in [1.54, 1.807) is 26.0 Å². The number of ether oxygens (including phenoxy) is 2. The van der Waals surface area contributed by atoms with Crippen LogP contribution in [0.15, 0.2) is 36.4 Å². The molecule has 0 aliphatic carbocycles. The number of nitrogens with zero attached hydrogens (tertiary/aromatic N) is 3. The standard InChI is InChI=1S/C17H23FN2O4.C17H25FN2O2/c1-17(2,21)10-19-11-3-4-12(19)8-14(7-11)24-16-6-5-13(20(22)23)9-15(16)18;1-17(2,21)10-20-12-4-5-13(20)9-14(8-12)22-16-6-3-11(19)7-15(16)18/h5-6,9,11-12,14,21H,3-4,7-8,10H2,1-2H3;3,6-7,12-14,21H,4-5,8-10,19H2,1-2H3/t11-,12+,14?;12-,13+,14?. The second-order valence-corrected chi connectivity index (χ2v) is 14.7. The van der Waals surface area contributed by atoms with Crippen molar-refractivity contribution in [2.45, 2.75) is 127 Å². The Morgan fingerprint density at radius 3 is 1.52 bits per heavy atom. The molecule has 6 rings (SSSR count). The molecule has 4 saturated heterocycles. The minimum atomic E-state index is -0.737. The number of halogens is 2. The molecule has 4 fully saturated rings. The van der Waals surface area contributed by atoms with E-state index in [4.69, 9.17) is 15.2 Å². The Bertz CT molecular complexity index is 1350. The number of aliphatic hydroxyl groups is 2. The lowest BCUT2D eigenvalue weighted by Gasteiger charge is -2.41. The molecule has 10 nitrogen and oxygen atoms in total. The molecule has 4 aliphatic rings. The van der Waals surface area contributed by atoms with Crippen LogP contribution in [-0.2, 0) is 0 Å². The van der Waals surface area contributed by atoms with E-state index in [9.17, 15) is 29.1 Å². The van der Waals surface area contributed by atoms with Crippen molar-refractivity contribution in [2.24, 2.45) is 0 Å². The second kappa shape index (κ2) is 13.6. The lowest BCUT2D eigenvalue weighted by atomic mass is 9.97. The first-order valence-corrected chi connectivity index (χ1v) is 16.3. The van der Waals surface area contributed by atoms with Gasteiger partial charge in [0.05, 0.1) is 22.2 Å². The molecular formula is C34H48F2N4O6. The van der Waals surface area contributed by atoms with Crippen LogP contribution in [-0.4, -0.2) is 85.6 Å². The normalized spacial score (nSPS) is 28.0. The predicted octanol–water partition coefficient (Wildman–Crippen LogP) is 5.43. The van der Waals surface area contributed by atoms with Crippen LogP contribution in [0.3, 0.4) is 0 Å². The molecule has 4 aliphatic heterocycles. The molecule has 0 aromatic heterocycles. The quantitative estimate of drug-likeness (QED) is 0.185. The molecule has 0 spiro atoms. The van der Waals surface area contributed by atoms with Crippen molar-refractivity contribution in [1.29, 1.82) is 0 Å². The van der Waals surface area contributed by atoms with Gasteiger partial charge in [0.1, 0.15) is 12.2 Å². The van der Waals surface area contributed by atoms with Gasteiger partial charge < -0.3 is 25.4 Å². The van der Waals surface area contributed by atoms with E-state index >= 15 is 0 Å². The van der Waals surface area contributed by atoms with Crippen LogP contribution in [0, 0.1) is 21.7 Å². The van der Waals surface area contributed by atoms with Crippen molar-refractivity contribution in [3.8, 4) is 11.5 Å². The van der Waals surface area contributed by atoms with E-state index in [0.717, 1.165) is 57.4 Å². The third-order valence-corrected chi connectivity index (χ3v) is 9.49. The van der Waals surface area contributed by atoms with Gasteiger partial charge in [-0.1, -0.05) is 0 Å². The van der Waals surface area contributed by atoms with Crippen LogP contribution >= 0.6 is 0 Å². The van der Waals surface area contributed by atoms with Gasteiger partial charge >= 0.3 is 0 Å². The van der Waals surface area contributed by atoms with Gasteiger partial charge in [0.15, 0.2) is 23.1 Å². The van der Waals surface area contributed by atoms with Gasteiger partial charge in [0, 0.05) is 55.1 Å². The lowest BCUT2D eigenvalue weighted by molar-refractivity contribution is -0.385. The minimum absolute atomic E-state index is 0.0358. The van der Waals surface area contributed by atoms with Crippen molar-refractivity contribution in [3.63, 3.8) is 0 Å². The fourth-order valence-corrected chi connectivity index (χ4v) is 7.72. The second-order valence-electron chi connectivity index (χ2n) is 14.7. The molecule has 46 heavy (non-hydrogen) atoms. The van der Waals surface area contributed by atoms with E-state index in [1.807, 2.05) is 13.8 Å². The fraction of sp³-hybridized carbons (Fsp3) is 0.647. The van der Waals surface area contributed by atoms with E-state index in [2.05, 4.69) is 9.80 Å². The van der Waals surface area contributed by atoms with Crippen molar-refractivity contribution >= 4 is 11.4 Å². The molecule has 0 radical (unpaired) electrons. The maximum Gasteiger partial charge on any atom is 0.272 e. The Morgan fingerprint density at radius 2 is 1.17 bits per heavy atom. The number of nitrogens with two attached hydrogens (primary N) is 1. The van der Waals surface area contributed by atoms with E-state index in [1.165, 1.54) is 18.2 Å². The zero-order valence-corrected chi connectivity index (χ0v) is 27.2.